The van der Waals surface area contributed by atoms with E-state index in [9.17, 15) is 26.3 Å². The van der Waals surface area contributed by atoms with Gasteiger partial charge in [0.25, 0.3) is 0 Å². The summed E-state index contributed by atoms with van der Waals surface area (Å²) in [4.78, 5) is 0. The molecule has 0 amide bonds. The van der Waals surface area contributed by atoms with Crippen LogP contribution >= 0.6 is 0 Å². The number of alkyl halides is 6. The van der Waals surface area contributed by atoms with E-state index in [4.69, 9.17) is 0 Å². The highest BCUT2D eigenvalue weighted by molar-refractivity contribution is 5.86. The lowest BCUT2D eigenvalue weighted by Crippen LogP contribution is -2.08. The second-order valence-electron chi connectivity index (χ2n) is 3.65. The number of hydrogen-bond donors (Lipinski definition) is 0. The van der Waals surface area contributed by atoms with Crippen molar-refractivity contribution in [1.29, 1.82) is 0 Å². The minimum absolute atomic E-state index is 0.00201. The van der Waals surface area contributed by atoms with Crippen molar-refractivity contribution in [1.82, 2.24) is 0 Å². The van der Waals surface area contributed by atoms with Gasteiger partial charge < -0.3 is 0 Å². The van der Waals surface area contributed by atoms with Crippen molar-refractivity contribution >= 4 is 10.8 Å². The molecule has 2 rings (SSSR count). The molecule has 2 aromatic carbocycles. The van der Waals surface area contributed by atoms with E-state index < -0.39 is 28.9 Å². The van der Waals surface area contributed by atoms with Crippen molar-refractivity contribution in [2.45, 2.75) is 12.4 Å². The summed E-state index contributed by atoms with van der Waals surface area (Å²) in [5.74, 6) is 0. The van der Waals surface area contributed by atoms with Crippen LogP contribution in [-0.4, -0.2) is 0 Å². The third-order valence-electron chi connectivity index (χ3n) is 2.42. The van der Waals surface area contributed by atoms with Crippen molar-refractivity contribution in [2.75, 3.05) is 0 Å². The molecule has 0 fully saturated rings. The van der Waals surface area contributed by atoms with Gasteiger partial charge in [-0.25, -0.2) is 0 Å². The molecule has 0 saturated carbocycles. The molecule has 0 heterocycles. The van der Waals surface area contributed by atoms with Gasteiger partial charge in [-0.3, -0.25) is 0 Å². The molecule has 0 aliphatic rings. The van der Waals surface area contributed by atoms with Crippen LogP contribution in [0.5, 0.6) is 0 Å². The summed E-state index contributed by atoms with van der Waals surface area (Å²) >= 11 is 0. The Morgan fingerprint density at radius 3 is 2.11 bits per heavy atom. The molecule has 0 saturated heterocycles. The van der Waals surface area contributed by atoms with Crippen LogP contribution in [0.4, 0.5) is 26.3 Å². The van der Waals surface area contributed by atoms with Crippen molar-refractivity contribution < 1.29 is 26.3 Å². The number of hydrogen-bond acceptors (Lipinski definition) is 0. The lowest BCUT2D eigenvalue weighted by Gasteiger charge is -2.12. The predicted octanol–water partition coefficient (Wildman–Crippen LogP) is 4.68. The lowest BCUT2D eigenvalue weighted by molar-refractivity contribution is -0.139. The van der Waals surface area contributed by atoms with E-state index in [1.807, 2.05) is 0 Å². The summed E-state index contributed by atoms with van der Waals surface area (Å²) in [6.45, 7) is 0. The van der Waals surface area contributed by atoms with Crippen LogP contribution in [0.3, 0.4) is 0 Å². The van der Waals surface area contributed by atoms with Gasteiger partial charge in [-0.2, -0.15) is 26.3 Å². The van der Waals surface area contributed by atoms with E-state index >= 15 is 0 Å². The first-order valence-corrected chi connectivity index (χ1v) is 4.78. The van der Waals surface area contributed by atoms with E-state index in [1.165, 1.54) is 6.07 Å². The maximum atomic E-state index is 12.7. The highest BCUT2D eigenvalue weighted by Crippen LogP contribution is 2.37. The van der Waals surface area contributed by atoms with E-state index in [2.05, 4.69) is 6.07 Å². The molecule has 0 aromatic heterocycles. The molecule has 0 N–H and O–H groups in total. The number of fused-ring (bicyclic) bond motifs is 1. The van der Waals surface area contributed by atoms with Gasteiger partial charge >= 0.3 is 12.4 Å². The molecular formula is C12H5F6. The van der Waals surface area contributed by atoms with Gasteiger partial charge in [-0.1, -0.05) is 12.1 Å². The zero-order valence-electron chi connectivity index (χ0n) is 8.65. The van der Waals surface area contributed by atoms with Crippen LogP contribution in [-0.2, 0) is 12.4 Å². The van der Waals surface area contributed by atoms with Crippen LogP contribution in [0.15, 0.2) is 30.3 Å². The Balaban J connectivity index is 2.74. The third kappa shape index (κ3) is 2.27. The number of benzene rings is 2. The van der Waals surface area contributed by atoms with Gasteiger partial charge in [0.05, 0.1) is 11.1 Å². The Labute approximate surface area is 97.8 Å². The summed E-state index contributed by atoms with van der Waals surface area (Å²) in [6, 6.07) is 6.52. The third-order valence-corrected chi connectivity index (χ3v) is 2.42. The molecule has 95 valence electrons. The summed E-state index contributed by atoms with van der Waals surface area (Å²) in [5, 5.41) is -0.502. The number of halogens is 6. The Morgan fingerprint density at radius 2 is 1.56 bits per heavy atom. The Morgan fingerprint density at radius 1 is 0.889 bits per heavy atom. The Bertz CT molecular complexity index is 579. The van der Waals surface area contributed by atoms with E-state index in [0.29, 0.717) is 12.1 Å². The second-order valence-corrected chi connectivity index (χ2v) is 3.65. The quantitative estimate of drug-likeness (QED) is 0.605. The van der Waals surface area contributed by atoms with Gasteiger partial charge in [0, 0.05) is 0 Å². The van der Waals surface area contributed by atoms with E-state index in [0.717, 1.165) is 12.1 Å². The molecule has 6 heteroatoms. The van der Waals surface area contributed by atoms with E-state index in [1.54, 1.807) is 0 Å². The molecule has 1 radical (unpaired) electrons. The second kappa shape index (κ2) is 3.90. The average molecular weight is 263 g/mol. The topological polar surface area (TPSA) is 0 Å². The zero-order valence-corrected chi connectivity index (χ0v) is 8.65. The molecule has 0 unspecified atom stereocenters. The molecule has 0 aliphatic heterocycles. The van der Waals surface area contributed by atoms with Crippen LogP contribution in [0, 0.1) is 6.07 Å². The SMILES string of the molecule is FC(F)(F)c1c[c]c2cccc(C(F)(F)F)c2c1. The summed E-state index contributed by atoms with van der Waals surface area (Å²) in [5.41, 5.74) is -2.24. The maximum absolute atomic E-state index is 12.7. The monoisotopic (exact) mass is 263 g/mol. The van der Waals surface area contributed by atoms with Crippen molar-refractivity contribution in [3.63, 3.8) is 0 Å². The predicted molar refractivity (Wildman–Crippen MR) is 52.8 cm³/mol. The molecule has 2 aromatic rings. The minimum atomic E-state index is -4.70. The van der Waals surface area contributed by atoms with Gasteiger partial charge in [-0.05, 0) is 35.0 Å². The standard InChI is InChI=1S/C12H5F6/c13-11(14,15)8-5-4-7-2-1-3-10(9(7)6-8)12(16,17)18/h1-3,5-6H. The fourth-order valence-electron chi connectivity index (χ4n) is 1.61. The Hall–Kier alpha value is -1.72. The largest absolute Gasteiger partial charge is 0.417 e. The van der Waals surface area contributed by atoms with Crippen molar-refractivity contribution in [2.24, 2.45) is 0 Å². The first-order chi connectivity index (χ1) is 8.19. The van der Waals surface area contributed by atoms with Crippen LogP contribution in [0.25, 0.3) is 10.8 Å². The molecule has 18 heavy (non-hydrogen) atoms. The normalized spacial score (nSPS) is 13.0. The van der Waals surface area contributed by atoms with Crippen LogP contribution in [0.1, 0.15) is 11.1 Å². The Kier molecular flexibility index (Phi) is 2.76. The zero-order chi connectivity index (χ0) is 13.6. The summed E-state index contributed by atoms with van der Waals surface area (Å²) in [7, 11) is 0. The van der Waals surface area contributed by atoms with Crippen molar-refractivity contribution in [3.8, 4) is 0 Å². The minimum Gasteiger partial charge on any atom is -0.166 e. The van der Waals surface area contributed by atoms with Crippen LogP contribution < -0.4 is 0 Å². The summed E-state index contributed by atoms with van der Waals surface area (Å²) in [6.07, 6.45) is -9.39. The average Bonchev–Trinajstić information content (AvgIpc) is 2.25. The molecule has 0 aliphatic carbocycles. The smallest absolute Gasteiger partial charge is 0.166 e. The van der Waals surface area contributed by atoms with Gasteiger partial charge in [0.2, 0.25) is 0 Å². The van der Waals surface area contributed by atoms with Crippen LogP contribution in [0.2, 0.25) is 0 Å². The van der Waals surface area contributed by atoms with Gasteiger partial charge in [0.15, 0.2) is 0 Å². The molecule has 0 atom stereocenters. The van der Waals surface area contributed by atoms with Gasteiger partial charge in [-0.15, -0.1) is 0 Å². The van der Waals surface area contributed by atoms with E-state index in [-0.39, 0.29) is 5.39 Å². The highest BCUT2D eigenvalue weighted by Gasteiger charge is 2.35. The molecule has 0 nitrogen and oxygen atoms in total. The number of rotatable bonds is 0. The first-order valence-electron chi connectivity index (χ1n) is 4.78. The van der Waals surface area contributed by atoms with Gasteiger partial charge in [0.1, 0.15) is 0 Å². The first kappa shape index (κ1) is 12.7. The fourth-order valence-corrected chi connectivity index (χ4v) is 1.61. The summed E-state index contributed by atoms with van der Waals surface area (Å²) < 4.78 is 75.3. The fraction of sp³-hybridized carbons (Fsp3) is 0.167. The molecule has 0 bridgehead atoms. The highest BCUT2D eigenvalue weighted by atomic mass is 19.4. The molecular weight excluding hydrogens is 258 g/mol. The lowest BCUT2D eigenvalue weighted by atomic mass is 10.0. The maximum Gasteiger partial charge on any atom is 0.417 e. The molecule has 0 spiro atoms. The van der Waals surface area contributed by atoms with Crippen molar-refractivity contribution in [3.05, 3.63) is 47.5 Å².